The number of pyridine rings is 1. The van der Waals surface area contributed by atoms with E-state index in [1.807, 2.05) is 24.5 Å². The number of aromatic nitrogens is 5. The van der Waals surface area contributed by atoms with Crippen LogP contribution in [-0.4, -0.2) is 24.9 Å². The molecule has 3 aromatic rings. The van der Waals surface area contributed by atoms with E-state index < -0.39 is 0 Å². The molecule has 0 spiro atoms. The van der Waals surface area contributed by atoms with E-state index in [1.165, 1.54) is 37.7 Å². The van der Waals surface area contributed by atoms with Crippen LogP contribution in [-0.2, 0) is 6.42 Å². The normalized spacial score (nSPS) is 16.6. The average molecular weight is 373 g/mol. The standard InChI is InChI=1S/C21H23N7/c22-20-24-12-17(18(27-20)10-13-4-5-13)19-16(14-2-1-3-14)11-25-21(28-19)26-15-6-8-23-9-7-15/h6-9,11-14H,1-5,10H2,(H2,22,24,27)(H,23,25,26,28). The largest absolute Gasteiger partial charge is 0.368 e. The van der Waals surface area contributed by atoms with Crippen LogP contribution >= 0.6 is 0 Å². The molecule has 0 unspecified atom stereocenters. The highest BCUT2D eigenvalue weighted by Crippen LogP contribution is 2.42. The van der Waals surface area contributed by atoms with Crippen LogP contribution in [0.25, 0.3) is 11.3 Å². The van der Waals surface area contributed by atoms with Crippen LogP contribution < -0.4 is 11.1 Å². The van der Waals surface area contributed by atoms with Crippen molar-refractivity contribution in [3.05, 3.63) is 48.2 Å². The van der Waals surface area contributed by atoms with E-state index in [0.717, 1.165) is 29.1 Å². The Kier molecular flexibility index (Phi) is 4.35. The molecule has 142 valence electrons. The lowest BCUT2D eigenvalue weighted by Gasteiger charge is -2.27. The molecule has 3 aromatic heterocycles. The van der Waals surface area contributed by atoms with Crippen LogP contribution in [0.4, 0.5) is 17.6 Å². The molecule has 7 nitrogen and oxygen atoms in total. The van der Waals surface area contributed by atoms with Crippen molar-refractivity contribution in [2.45, 2.75) is 44.4 Å². The number of nitrogens with zero attached hydrogens (tertiary/aromatic N) is 5. The molecule has 3 N–H and O–H groups in total. The van der Waals surface area contributed by atoms with Crippen molar-refractivity contribution in [2.24, 2.45) is 5.92 Å². The smallest absolute Gasteiger partial charge is 0.227 e. The number of anilines is 3. The topological polar surface area (TPSA) is 102 Å². The summed E-state index contributed by atoms with van der Waals surface area (Å²) in [6, 6.07) is 3.79. The van der Waals surface area contributed by atoms with Gasteiger partial charge in [-0.2, -0.15) is 0 Å². The summed E-state index contributed by atoms with van der Waals surface area (Å²) < 4.78 is 0. The molecule has 3 heterocycles. The molecule has 2 aliphatic rings. The third kappa shape index (κ3) is 3.52. The first-order valence-electron chi connectivity index (χ1n) is 9.92. The van der Waals surface area contributed by atoms with E-state index in [2.05, 4.69) is 25.3 Å². The Balaban J connectivity index is 1.57. The summed E-state index contributed by atoms with van der Waals surface area (Å²) in [6.45, 7) is 0. The molecule has 0 atom stereocenters. The van der Waals surface area contributed by atoms with E-state index in [9.17, 15) is 0 Å². The van der Waals surface area contributed by atoms with E-state index >= 15 is 0 Å². The molecular formula is C21H23N7. The highest BCUT2D eigenvalue weighted by Gasteiger charge is 2.28. The molecular weight excluding hydrogens is 350 g/mol. The van der Waals surface area contributed by atoms with Crippen molar-refractivity contribution >= 4 is 17.6 Å². The van der Waals surface area contributed by atoms with E-state index in [4.69, 9.17) is 10.7 Å². The zero-order valence-electron chi connectivity index (χ0n) is 15.7. The first kappa shape index (κ1) is 17.0. The first-order chi connectivity index (χ1) is 13.8. The van der Waals surface area contributed by atoms with Gasteiger partial charge in [0.15, 0.2) is 0 Å². The number of hydrogen-bond acceptors (Lipinski definition) is 7. The third-order valence-corrected chi connectivity index (χ3v) is 5.62. The molecule has 0 saturated heterocycles. The van der Waals surface area contributed by atoms with Crippen LogP contribution in [0.3, 0.4) is 0 Å². The fourth-order valence-electron chi connectivity index (χ4n) is 3.63. The molecule has 0 aliphatic heterocycles. The average Bonchev–Trinajstić information content (AvgIpc) is 3.47. The molecule has 0 radical (unpaired) electrons. The number of hydrogen-bond donors (Lipinski definition) is 2. The summed E-state index contributed by atoms with van der Waals surface area (Å²) >= 11 is 0. The highest BCUT2D eigenvalue weighted by molar-refractivity contribution is 5.68. The minimum absolute atomic E-state index is 0.328. The van der Waals surface area contributed by atoms with Crippen molar-refractivity contribution in [3.8, 4) is 11.3 Å². The molecule has 2 saturated carbocycles. The Morgan fingerprint density at radius 3 is 2.54 bits per heavy atom. The van der Waals surface area contributed by atoms with Gasteiger partial charge in [0, 0.05) is 41.6 Å². The second-order valence-corrected chi connectivity index (χ2v) is 7.72. The van der Waals surface area contributed by atoms with Gasteiger partial charge >= 0.3 is 0 Å². The van der Waals surface area contributed by atoms with Gasteiger partial charge in [0.2, 0.25) is 11.9 Å². The Morgan fingerprint density at radius 1 is 1.00 bits per heavy atom. The van der Waals surface area contributed by atoms with Crippen molar-refractivity contribution in [3.63, 3.8) is 0 Å². The first-order valence-corrected chi connectivity index (χ1v) is 9.92. The van der Waals surface area contributed by atoms with Crippen molar-refractivity contribution in [1.29, 1.82) is 0 Å². The van der Waals surface area contributed by atoms with E-state index in [0.29, 0.717) is 23.7 Å². The van der Waals surface area contributed by atoms with Crippen LogP contribution in [0.2, 0.25) is 0 Å². The number of nitrogens with two attached hydrogens (primary N) is 1. The summed E-state index contributed by atoms with van der Waals surface area (Å²) in [5, 5.41) is 3.27. The summed E-state index contributed by atoms with van der Waals surface area (Å²) in [7, 11) is 0. The SMILES string of the molecule is Nc1ncc(-c2nc(Nc3ccncc3)ncc2C2CCC2)c(CC2CC2)n1. The highest BCUT2D eigenvalue weighted by atomic mass is 15.1. The van der Waals surface area contributed by atoms with Gasteiger partial charge in [-0.1, -0.05) is 6.42 Å². The number of nitrogens with one attached hydrogen (secondary N) is 1. The van der Waals surface area contributed by atoms with Crippen molar-refractivity contribution < 1.29 is 0 Å². The molecule has 28 heavy (non-hydrogen) atoms. The fraction of sp³-hybridized carbons (Fsp3) is 0.381. The molecule has 5 rings (SSSR count). The van der Waals surface area contributed by atoms with Crippen molar-refractivity contribution in [1.82, 2.24) is 24.9 Å². The number of nitrogen functional groups attached to an aromatic ring is 1. The lowest BCUT2D eigenvalue weighted by atomic mass is 9.79. The second kappa shape index (κ2) is 7.14. The number of rotatable bonds is 6. The van der Waals surface area contributed by atoms with Gasteiger partial charge in [-0.15, -0.1) is 0 Å². The van der Waals surface area contributed by atoms with Crippen LogP contribution in [0.1, 0.15) is 49.3 Å². The third-order valence-electron chi connectivity index (χ3n) is 5.62. The fourth-order valence-corrected chi connectivity index (χ4v) is 3.63. The van der Waals surface area contributed by atoms with Gasteiger partial charge < -0.3 is 11.1 Å². The summed E-state index contributed by atoms with van der Waals surface area (Å²) in [5.74, 6) is 2.11. The maximum absolute atomic E-state index is 5.90. The van der Waals surface area contributed by atoms with Crippen LogP contribution in [0.5, 0.6) is 0 Å². The molecule has 7 heteroatoms. The zero-order chi connectivity index (χ0) is 18.9. The molecule has 0 amide bonds. The molecule has 0 aromatic carbocycles. The molecule has 0 bridgehead atoms. The van der Waals surface area contributed by atoms with E-state index in [-0.39, 0.29) is 0 Å². The molecule has 2 aliphatic carbocycles. The van der Waals surface area contributed by atoms with Crippen molar-refractivity contribution in [2.75, 3.05) is 11.1 Å². The maximum Gasteiger partial charge on any atom is 0.227 e. The Hall–Kier alpha value is -3.09. The van der Waals surface area contributed by atoms with Gasteiger partial charge in [-0.05, 0) is 56.1 Å². The van der Waals surface area contributed by atoms with Crippen LogP contribution in [0.15, 0.2) is 36.9 Å². The van der Waals surface area contributed by atoms with Crippen LogP contribution in [0, 0.1) is 5.92 Å². The second-order valence-electron chi connectivity index (χ2n) is 7.72. The quantitative estimate of drug-likeness (QED) is 0.676. The summed E-state index contributed by atoms with van der Waals surface area (Å²) in [6.07, 6.45) is 14.4. The Bertz CT molecular complexity index is 981. The predicted octanol–water partition coefficient (Wildman–Crippen LogP) is 3.87. The lowest BCUT2D eigenvalue weighted by Crippen LogP contribution is -2.14. The monoisotopic (exact) mass is 373 g/mol. The van der Waals surface area contributed by atoms with Gasteiger partial charge in [-0.3, -0.25) is 4.98 Å². The Morgan fingerprint density at radius 2 is 1.82 bits per heavy atom. The zero-order valence-corrected chi connectivity index (χ0v) is 15.7. The predicted molar refractivity (Wildman–Crippen MR) is 108 cm³/mol. The summed E-state index contributed by atoms with van der Waals surface area (Å²) in [5.41, 5.74) is 10.9. The van der Waals surface area contributed by atoms with E-state index in [1.54, 1.807) is 12.4 Å². The Labute approximate surface area is 163 Å². The minimum atomic E-state index is 0.328. The van der Waals surface area contributed by atoms with Gasteiger partial charge in [-0.25, -0.2) is 19.9 Å². The lowest BCUT2D eigenvalue weighted by molar-refractivity contribution is 0.419. The van der Waals surface area contributed by atoms with Gasteiger partial charge in [0.1, 0.15) is 0 Å². The summed E-state index contributed by atoms with van der Waals surface area (Å²) in [4.78, 5) is 22.4. The molecule has 2 fully saturated rings. The minimum Gasteiger partial charge on any atom is -0.368 e. The van der Waals surface area contributed by atoms with Gasteiger partial charge in [0.05, 0.1) is 11.4 Å². The van der Waals surface area contributed by atoms with Gasteiger partial charge in [0.25, 0.3) is 0 Å². The maximum atomic E-state index is 5.90.